The summed E-state index contributed by atoms with van der Waals surface area (Å²) in [5.74, 6) is 1.49. The van der Waals surface area contributed by atoms with Gasteiger partial charge in [0, 0.05) is 24.3 Å². The summed E-state index contributed by atoms with van der Waals surface area (Å²) in [5.41, 5.74) is 1.35. The van der Waals surface area contributed by atoms with E-state index in [9.17, 15) is 4.79 Å². The van der Waals surface area contributed by atoms with Crippen molar-refractivity contribution in [1.29, 1.82) is 0 Å². The molecule has 2 aromatic carbocycles. The number of piperidine rings is 1. The number of hydrogen-bond acceptors (Lipinski definition) is 4. The van der Waals surface area contributed by atoms with Gasteiger partial charge in [0.2, 0.25) is 0 Å². The molecule has 0 unspecified atom stereocenters. The Hall–Kier alpha value is -2.53. The number of rotatable bonds is 7. The Bertz CT molecular complexity index is 720. The van der Waals surface area contributed by atoms with Crippen molar-refractivity contribution in [1.82, 2.24) is 4.90 Å². The molecule has 0 bridgehead atoms. The number of nitrogens with zero attached hydrogens (tertiary/aromatic N) is 1. The van der Waals surface area contributed by atoms with Crippen LogP contribution < -0.4 is 14.8 Å². The lowest BCUT2D eigenvalue weighted by Gasteiger charge is -2.29. The minimum atomic E-state index is -0.138. The molecule has 0 spiro atoms. The summed E-state index contributed by atoms with van der Waals surface area (Å²) >= 11 is 0. The average Bonchev–Trinajstić information content (AvgIpc) is 2.70. The summed E-state index contributed by atoms with van der Waals surface area (Å²) in [6.07, 6.45) is 3.33. The number of ether oxygens (including phenoxy) is 2. The molecule has 1 fully saturated rings. The van der Waals surface area contributed by atoms with Crippen molar-refractivity contribution in [2.45, 2.75) is 32.3 Å². The van der Waals surface area contributed by atoms with Gasteiger partial charge in [-0.15, -0.1) is 0 Å². The zero-order valence-electron chi connectivity index (χ0n) is 16.1. The second kappa shape index (κ2) is 9.42. The molecule has 144 valence electrons. The van der Waals surface area contributed by atoms with Crippen molar-refractivity contribution >= 4 is 11.6 Å². The molecule has 27 heavy (non-hydrogen) atoms. The lowest BCUT2D eigenvalue weighted by Crippen LogP contribution is -2.35. The highest BCUT2D eigenvalue weighted by atomic mass is 16.5. The number of anilines is 1. The fourth-order valence-electron chi connectivity index (χ4n) is 3.04. The maximum atomic E-state index is 12.4. The van der Waals surface area contributed by atoms with E-state index in [1.54, 1.807) is 12.1 Å². The fraction of sp³-hybridized carbons (Fsp3) is 0.409. The Morgan fingerprint density at radius 1 is 1.04 bits per heavy atom. The number of amides is 1. The van der Waals surface area contributed by atoms with Gasteiger partial charge >= 0.3 is 0 Å². The van der Waals surface area contributed by atoms with Gasteiger partial charge in [-0.3, -0.25) is 4.79 Å². The first-order valence-electron chi connectivity index (χ1n) is 9.63. The third kappa shape index (κ3) is 5.73. The summed E-state index contributed by atoms with van der Waals surface area (Å²) in [5, 5.41) is 2.92. The van der Waals surface area contributed by atoms with Crippen LogP contribution in [0.4, 0.5) is 5.69 Å². The number of nitrogens with one attached hydrogen (secondary N) is 1. The highest BCUT2D eigenvalue weighted by Gasteiger charge is 2.17. The van der Waals surface area contributed by atoms with E-state index in [0.717, 1.165) is 49.5 Å². The SMILES string of the molecule is CCCOc1ccc(C(=O)Nc2ccc(OC3CCN(C)CC3)cc2)cc1. The maximum absolute atomic E-state index is 12.4. The molecule has 5 heteroatoms. The van der Waals surface area contributed by atoms with E-state index in [4.69, 9.17) is 9.47 Å². The zero-order valence-corrected chi connectivity index (χ0v) is 16.1. The van der Waals surface area contributed by atoms with Gasteiger partial charge < -0.3 is 19.7 Å². The van der Waals surface area contributed by atoms with Gasteiger partial charge in [-0.2, -0.15) is 0 Å². The molecule has 2 aromatic rings. The minimum absolute atomic E-state index is 0.138. The molecule has 0 aromatic heterocycles. The van der Waals surface area contributed by atoms with Gasteiger partial charge in [0.15, 0.2) is 0 Å². The summed E-state index contributed by atoms with van der Waals surface area (Å²) < 4.78 is 11.6. The molecule has 0 atom stereocenters. The van der Waals surface area contributed by atoms with Crippen LogP contribution >= 0.6 is 0 Å². The van der Waals surface area contributed by atoms with E-state index in [2.05, 4.69) is 24.2 Å². The van der Waals surface area contributed by atoms with Gasteiger partial charge in [0.1, 0.15) is 17.6 Å². The van der Waals surface area contributed by atoms with Gasteiger partial charge in [-0.1, -0.05) is 6.92 Å². The third-order valence-electron chi connectivity index (χ3n) is 4.67. The van der Waals surface area contributed by atoms with E-state index < -0.39 is 0 Å². The predicted molar refractivity (Wildman–Crippen MR) is 108 cm³/mol. The van der Waals surface area contributed by atoms with Crippen molar-refractivity contribution in [3.63, 3.8) is 0 Å². The average molecular weight is 368 g/mol. The molecule has 1 heterocycles. The summed E-state index contributed by atoms with van der Waals surface area (Å²) in [4.78, 5) is 14.7. The Labute approximate surface area is 161 Å². The van der Waals surface area contributed by atoms with Crippen molar-refractivity contribution in [2.24, 2.45) is 0 Å². The summed E-state index contributed by atoms with van der Waals surface area (Å²) in [7, 11) is 2.14. The van der Waals surface area contributed by atoms with E-state index in [-0.39, 0.29) is 12.0 Å². The highest BCUT2D eigenvalue weighted by Crippen LogP contribution is 2.21. The third-order valence-corrected chi connectivity index (χ3v) is 4.67. The molecule has 3 rings (SSSR count). The second-order valence-corrected chi connectivity index (χ2v) is 6.97. The minimum Gasteiger partial charge on any atom is -0.494 e. The zero-order chi connectivity index (χ0) is 19.1. The molecule has 1 N–H and O–H groups in total. The normalized spacial score (nSPS) is 15.3. The Kier molecular flexibility index (Phi) is 6.71. The number of carbonyl (C=O) groups excluding carboxylic acids is 1. The van der Waals surface area contributed by atoms with Gasteiger partial charge in [0.05, 0.1) is 6.61 Å². The monoisotopic (exact) mass is 368 g/mol. The van der Waals surface area contributed by atoms with Crippen LogP contribution in [0.3, 0.4) is 0 Å². The van der Waals surface area contributed by atoms with Crippen LogP contribution in [0, 0.1) is 0 Å². The van der Waals surface area contributed by atoms with Gasteiger partial charge in [0.25, 0.3) is 5.91 Å². The van der Waals surface area contributed by atoms with Crippen LogP contribution in [0.25, 0.3) is 0 Å². The molecule has 1 aliphatic heterocycles. The Morgan fingerprint density at radius 3 is 2.30 bits per heavy atom. The van der Waals surface area contributed by atoms with E-state index in [0.29, 0.717) is 12.2 Å². The standard InChI is InChI=1S/C22H28N2O3/c1-3-16-26-19-8-4-17(5-9-19)22(25)23-18-6-10-20(11-7-18)27-21-12-14-24(2)15-13-21/h4-11,21H,3,12-16H2,1-2H3,(H,23,25). The smallest absolute Gasteiger partial charge is 0.255 e. The lowest BCUT2D eigenvalue weighted by molar-refractivity contribution is 0.102. The summed E-state index contributed by atoms with van der Waals surface area (Å²) in [6.45, 7) is 4.88. The summed E-state index contributed by atoms with van der Waals surface area (Å²) in [6, 6.07) is 14.8. The number of hydrogen-bond donors (Lipinski definition) is 1. The predicted octanol–water partition coefficient (Wildman–Crippen LogP) is 4.20. The quantitative estimate of drug-likeness (QED) is 0.796. The second-order valence-electron chi connectivity index (χ2n) is 6.97. The molecular weight excluding hydrogens is 340 g/mol. The molecule has 0 aliphatic carbocycles. The van der Waals surface area contributed by atoms with Crippen LogP contribution in [0.2, 0.25) is 0 Å². The molecular formula is C22H28N2O3. The molecule has 1 saturated heterocycles. The maximum Gasteiger partial charge on any atom is 0.255 e. The van der Waals surface area contributed by atoms with E-state index in [1.807, 2.05) is 36.4 Å². The van der Waals surface area contributed by atoms with Crippen molar-refractivity contribution in [2.75, 3.05) is 32.1 Å². The van der Waals surface area contributed by atoms with Crippen LogP contribution in [0.5, 0.6) is 11.5 Å². The van der Waals surface area contributed by atoms with Crippen LogP contribution in [-0.2, 0) is 0 Å². The number of benzene rings is 2. The first kappa shape index (κ1) is 19.2. The van der Waals surface area contributed by atoms with Gasteiger partial charge in [-0.05, 0) is 74.8 Å². The van der Waals surface area contributed by atoms with Crippen LogP contribution in [0.15, 0.2) is 48.5 Å². The Morgan fingerprint density at radius 2 is 1.67 bits per heavy atom. The number of carbonyl (C=O) groups is 1. The van der Waals surface area contributed by atoms with E-state index in [1.165, 1.54) is 0 Å². The first-order chi connectivity index (χ1) is 13.1. The van der Waals surface area contributed by atoms with Crippen LogP contribution in [0.1, 0.15) is 36.5 Å². The molecule has 0 radical (unpaired) electrons. The molecule has 5 nitrogen and oxygen atoms in total. The van der Waals surface area contributed by atoms with Gasteiger partial charge in [-0.25, -0.2) is 0 Å². The van der Waals surface area contributed by atoms with Crippen molar-refractivity contribution < 1.29 is 14.3 Å². The number of likely N-dealkylation sites (tertiary alicyclic amines) is 1. The largest absolute Gasteiger partial charge is 0.494 e. The highest BCUT2D eigenvalue weighted by molar-refractivity contribution is 6.04. The topological polar surface area (TPSA) is 50.8 Å². The van der Waals surface area contributed by atoms with Crippen LogP contribution in [-0.4, -0.2) is 43.7 Å². The molecule has 0 saturated carbocycles. The van der Waals surface area contributed by atoms with Crippen molar-refractivity contribution in [3.8, 4) is 11.5 Å². The van der Waals surface area contributed by atoms with Crippen molar-refractivity contribution in [3.05, 3.63) is 54.1 Å². The van der Waals surface area contributed by atoms with E-state index >= 15 is 0 Å². The molecule has 1 aliphatic rings. The fourth-order valence-corrected chi connectivity index (χ4v) is 3.04. The first-order valence-corrected chi connectivity index (χ1v) is 9.63. The molecule has 1 amide bonds. The Balaban J connectivity index is 1.52. The lowest BCUT2D eigenvalue weighted by atomic mass is 10.1.